The number of likely N-dealkylation sites (N-methyl/N-ethyl adjacent to an activating group) is 2. The highest BCUT2D eigenvalue weighted by atomic mass is 19.4. The van der Waals surface area contributed by atoms with Gasteiger partial charge in [0.2, 0.25) is 17.7 Å². The summed E-state index contributed by atoms with van der Waals surface area (Å²) in [5.74, 6) is -0.129. The van der Waals surface area contributed by atoms with Crippen molar-refractivity contribution in [3.63, 3.8) is 0 Å². The number of rotatable bonds is 15. The Labute approximate surface area is 309 Å². The van der Waals surface area contributed by atoms with E-state index in [0.717, 1.165) is 47.6 Å². The summed E-state index contributed by atoms with van der Waals surface area (Å²) in [6, 6.07) is 25.0. The number of hydrogen-bond donors (Lipinski definition) is 0. The lowest BCUT2D eigenvalue weighted by Crippen LogP contribution is -2.51. The Hall–Kier alpha value is -5.20. The molecule has 5 rings (SSSR count). The maximum absolute atomic E-state index is 14.4. The number of nitrogens with zero attached hydrogens (tertiary/aromatic N) is 5. The number of aromatic nitrogens is 1. The first-order chi connectivity index (χ1) is 25.5. The average Bonchev–Trinajstić information content (AvgIpc) is 3.18. The van der Waals surface area contributed by atoms with E-state index in [1.165, 1.54) is 24.3 Å². The number of ether oxygens (including phenoxy) is 2. The van der Waals surface area contributed by atoms with Gasteiger partial charge in [-0.2, -0.15) is 13.2 Å². The number of carbonyl (C=O) groups excluding carboxylic acids is 2. The molecule has 1 atom stereocenters. The van der Waals surface area contributed by atoms with Gasteiger partial charge in [-0.05, 0) is 59.6 Å². The number of benzene rings is 3. The van der Waals surface area contributed by atoms with Crippen molar-refractivity contribution in [2.75, 3.05) is 65.5 Å². The predicted octanol–water partition coefficient (Wildman–Crippen LogP) is 6.19. The molecule has 0 saturated carbocycles. The SMILES string of the molecule is COc1ccc(CN(C)CCN(C)C(=O)[C@H](Cc2ccccc2)N(Cc2ccc(N3CCOCC3)cc2)C(=O)C=Cc2ccc(C(F)(F)F)cc2)cn1. The third-order valence-electron chi connectivity index (χ3n) is 9.19. The second-order valence-electron chi connectivity index (χ2n) is 13.1. The second-order valence-corrected chi connectivity index (χ2v) is 13.1. The fraction of sp³-hybridized carbons (Fsp3) is 0.341. The van der Waals surface area contributed by atoms with E-state index in [1.807, 2.05) is 67.7 Å². The van der Waals surface area contributed by atoms with E-state index < -0.39 is 23.7 Å². The van der Waals surface area contributed by atoms with Crippen molar-refractivity contribution >= 4 is 23.6 Å². The number of hydrogen-bond acceptors (Lipinski definition) is 7. The number of methoxy groups -OCH3 is 1. The number of carbonyl (C=O) groups is 2. The van der Waals surface area contributed by atoms with E-state index in [9.17, 15) is 22.8 Å². The molecule has 0 spiro atoms. The fourth-order valence-corrected chi connectivity index (χ4v) is 6.09. The van der Waals surface area contributed by atoms with Gasteiger partial charge in [-0.25, -0.2) is 4.98 Å². The maximum atomic E-state index is 14.4. The summed E-state index contributed by atoms with van der Waals surface area (Å²) in [5.41, 5.74) is 3.42. The van der Waals surface area contributed by atoms with Crippen molar-refractivity contribution in [2.24, 2.45) is 0 Å². The summed E-state index contributed by atoms with van der Waals surface area (Å²) in [6.07, 6.45) is 0.365. The van der Waals surface area contributed by atoms with Crippen LogP contribution < -0.4 is 9.64 Å². The minimum absolute atomic E-state index is 0.140. The lowest BCUT2D eigenvalue weighted by Gasteiger charge is -2.34. The summed E-state index contributed by atoms with van der Waals surface area (Å²) in [4.78, 5) is 40.4. The third kappa shape index (κ3) is 11.4. The van der Waals surface area contributed by atoms with E-state index in [0.29, 0.717) is 44.3 Å². The molecule has 1 aliphatic rings. The van der Waals surface area contributed by atoms with Crippen molar-refractivity contribution in [1.82, 2.24) is 19.7 Å². The van der Waals surface area contributed by atoms with Crippen LogP contribution in [0, 0.1) is 0 Å². The van der Waals surface area contributed by atoms with E-state index in [2.05, 4.69) is 14.8 Å². The van der Waals surface area contributed by atoms with Gasteiger partial charge in [0.1, 0.15) is 6.04 Å². The van der Waals surface area contributed by atoms with Gasteiger partial charge in [0.05, 0.1) is 25.9 Å². The van der Waals surface area contributed by atoms with Gasteiger partial charge in [-0.3, -0.25) is 9.59 Å². The highest BCUT2D eigenvalue weighted by molar-refractivity contribution is 5.95. The molecule has 1 aromatic heterocycles. The van der Waals surface area contributed by atoms with Crippen LogP contribution in [0.1, 0.15) is 27.8 Å². The number of morpholine rings is 1. The molecule has 9 nitrogen and oxygen atoms in total. The first-order valence-corrected chi connectivity index (χ1v) is 17.5. The Bertz CT molecular complexity index is 1780. The van der Waals surface area contributed by atoms with Crippen LogP contribution in [0.5, 0.6) is 5.88 Å². The molecule has 4 aromatic rings. The zero-order valence-corrected chi connectivity index (χ0v) is 30.3. The molecule has 2 heterocycles. The minimum atomic E-state index is -4.47. The summed E-state index contributed by atoms with van der Waals surface area (Å²) < 4.78 is 50.2. The molecular formula is C41H46F3N5O4. The third-order valence-corrected chi connectivity index (χ3v) is 9.19. The second kappa shape index (κ2) is 18.5. The van der Waals surface area contributed by atoms with Crippen LogP contribution >= 0.6 is 0 Å². The summed E-state index contributed by atoms with van der Waals surface area (Å²) in [6.45, 7) is 4.60. The zero-order valence-electron chi connectivity index (χ0n) is 30.3. The first-order valence-electron chi connectivity index (χ1n) is 17.5. The Balaban J connectivity index is 1.39. The summed E-state index contributed by atoms with van der Waals surface area (Å²) >= 11 is 0. The van der Waals surface area contributed by atoms with Gasteiger partial charge in [-0.15, -0.1) is 0 Å². The molecule has 0 unspecified atom stereocenters. The number of halogens is 3. The smallest absolute Gasteiger partial charge is 0.416 e. The zero-order chi connectivity index (χ0) is 37.8. The van der Waals surface area contributed by atoms with Crippen LogP contribution in [0.2, 0.25) is 0 Å². The van der Waals surface area contributed by atoms with Crippen LogP contribution in [-0.2, 0) is 40.0 Å². The standard InChI is InChI=1S/C41H46F3N5O4/c1-46(29-34-13-19-38(52-3)45-28-34)21-22-47(2)40(51)37(27-32-7-5-4-6-8-32)49(30-33-11-17-36(18-12-33)48-23-25-53-26-24-48)39(50)20-14-31-9-15-35(16-10-31)41(42,43)44/h4-20,28,37H,21-27,29-30H2,1-3H3/t37-/m0/s1. The predicted molar refractivity (Wildman–Crippen MR) is 199 cm³/mol. The van der Waals surface area contributed by atoms with Crippen molar-refractivity contribution in [1.29, 1.82) is 0 Å². The summed E-state index contributed by atoms with van der Waals surface area (Å²) in [7, 11) is 5.27. The molecule has 0 N–H and O–H groups in total. The van der Waals surface area contributed by atoms with Gasteiger partial charge in [-0.1, -0.05) is 60.7 Å². The lowest BCUT2D eigenvalue weighted by atomic mass is 10.0. The Kier molecular flexibility index (Phi) is 13.6. The molecular weight excluding hydrogens is 683 g/mol. The van der Waals surface area contributed by atoms with E-state index in [-0.39, 0.29) is 18.9 Å². The maximum Gasteiger partial charge on any atom is 0.416 e. The highest BCUT2D eigenvalue weighted by Crippen LogP contribution is 2.29. The number of pyridine rings is 1. The number of amides is 2. The largest absolute Gasteiger partial charge is 0.481 e. The Morgan fingerprint density at radius 3 is 2.17 bits per heavy atom. The topological polar surface area (TPSA) is 78.5 Å². The molecule has 0 aliphatic carbocycles. The Morgan fingerprint density at radius 1 is 0.868 bits per heavy atom. The molecule has 1 aliphatic heterocycles. The highest BCUT2D eigenvalue weighted by Gasteiger charge is 2.32. The molecule has 0 bridgehead atoms. The Morgan fingerprint density at radius 2 is 1.55 bits per heavy atom. The average molecular weight is 730 g/mol. The quantitative estimate of drug-likeness (QED) is 0.135. The van der Waals surface area contributed by atoms with Gasteiger partial charge < -0.3 is 29.1 Å². The molecule has 280 valence electrons. The molecule has 53 heavy (non-hydrogen) atoms. The van der Waals surface area contributed by atoms with Crippen LogP contribution in [0.25, 0.3) is 6.08 Å². The van der Waals surface area contributed by atoms with Crippen molar-refractivity contribution in [3.8, 4) is 5.88 Å². The van der Waals surface area contributed by atoms with Gasteiger partial charge in [0.15, 0.2) is 0 Å². The number of alkyl halides is 3. The minimum Gasteiger partial charge on any atom is -0.481 e. The normalized spacial score (nSPS) is 14.0. The molecule has 3 aromatic carbocycles. The lowest BCUT2D eigenvalue weighted by molar-refractivity contribution is -0.143. The molecule has 0 radical (unpaired) electrons. The van der Waals surface area contributed by atoms with Crippen LogP contribution in [-0.4, -0.2) is 98.1 Å². The molecule has 2 amide bonds. The molecule has 12 heteroatoms. The fourth-order valence-electron chi connectivity index (χ4n) is 6.09. The van der Waals surface area contributed by atoms with E-state index in [1.54, 1.807) is 36.2 Å². The molecule has 1 saturated heterocycles. The number of anilines is 1. The molecule has 1 fully saturated rings. The van der Waals surface area contributed by atoms with Crippen molar-refractivity contribution in [3.05, 3.63) is 131 Å². The van der Waals surface area contributed by atoms with E-state index in [4.69, 9.17) is 9.47 Å². The van der Waals surface area contributed by atoms with E-state index >= 15 is 0 Å². The first kappa shape index (κ1) is 39.0. The monoisotopic (exact) mass is 729 g/mol. The van der Waals surface area contributed by atoms with Crippen molar-refractivity contribution in [2.45, 2.75) is 31.7 Å². The van der Waals surface area contributed by atoms with Gasteiger partial charge in [0.25, 0.3) is 0 Å². The van der Waals surface area contributed by atoms with Crippen LogP contribution in [0.15, 0.2) is 103 Å². The summed E-state index contributed by atoms with van der Waals surface area (Å²) in [5, 5.41) is 0. The van der Waals surface area contributed by atoms with Gasteiger partial charge >= 0.3 is 6.18 Å². The van der Waals surface area contributed by atoms with Crippen molar-refractivity contribution < 1.29 is 32.2 Å². The van der Waals surface area contributed by atoms with Crippen LogP contribution in [0.4, 0.5) is 18.9 Å². The van der Waals surface area contributed by atoms with Gasteiger partial charge in [0, 0.05) is 76.8 Å². The van der Waals surface area contributed by atoms with Crippen LogP contribution in [0.3, 0.4) is 0 Å².